The Bertz CT molecular complexity index is 991. The molecule has 0 aliphatic rings. The van der Waals surface area contributed by atoms with Crippen LogP contribution in [0, 0.1) is 6.92 Å². The predicted octanol–water partition coefficient (Wildman–Crippen LogP) is 5.56. The molecular formula is C28H26OP+. The lowest BCUT2D eigenvalue weighted by Crippen LogP contribution is -2.34. The summed E-state index contributed by atoms with van der Waals surface area (Å²) in [4.78, 5) is 13.1. The molecule has 30 heavy (non-hydrogen) atoms. The van der Waals surface area contributed by atoms with Crippen LogP contribution in [0.2, 0.25) is 0 Å². The first-order valence-corrected chi connectivity index (χ1v) is 12.3. The highest BCUT2D eigenvalue weighted by molar-refractivity contribution is 7.95. The number of carbonyl (C=O) groups excluding carboxylic acids is 1. The normalized spacial score (nSPS) is 11.2. The summed E-state index contributed by atoms with van der Waals surface area (Å²) in [5.41, 5.74) is 1.97. The third-order valence-electron chi connectivity index (χ3n) is 5.64. The molecule has 0 unspecified atom stereocenters. The quantitative estimate of drug-likeness (QED) is 0.288. The monoisotopic (exact) mass is 409 g/mol. The van der Waals surface area contributed by atoms with Gasteiger partial charge in [-0.05, 0) is 43.3 Å². The lowest BCUT2D eigenvalue weighted by molar-refractivity contribution is 0.0989. The van der Waals surface area contributed by atoms with Gasteiger partial charge >= 0.3 is 0 Å². The Hall–Kier alpha value is -3.02. The number of hydrogen-bond donors (Lipinski definition) is 0. The maximum Gasteiger partial charge on any atom is 0.166 e. The zero-order valence-electron chi connectivity index (χ0n) is 17.2. The van der Waals surface area contributed by atoms with Crippen molar-refractivity contribution < 1.29 is 4.79 Å². The Balaban J connectivity index is 1.80. The predicted molar refractivity (Wildman–Crippen MR) is 130 cm³/mol. The van der Waals surface area contributed by atoms with Crippen LogP contribution in [0.3, 0.4) is 0 Å². The summed E-state index contributed by atoms with van der Waals surface area (Å²) in [7, 11) is -1.96. The van der Waals surface area contributed by atoms with E-state index in [2.05, 4.69) is 91.0 Å². The Labute approximate surface area is 179 Å². The maximum absolute atomic E-state index is 13.1. The first-order chi connectivity index (χ1) is 14.7. The molecule has 0 bridgehead atoms. The van der Waals surface area contributed by atoms with Crippen molar-refractivity contribution in [1.82, 2.24) is 0 Å². The minimum absolute atomic E-state index is 0.210. The smallest absolute Gasteiger partial charge is 0.166 e. The summed E-state index contributed by atoms with van der Waals surface area (Å²) in [5.74, 6) is 0.210. The summed E-state index contributed by atoms with van der Waals surface area (Å²) >= 11 is 0. The third-order valence-corrected chi connectivity index (χ3v) is 10.1. The van der Waals surface area contributed by atoms with E-state index in [1.54, 1.807) is 0 Å². The molecule has 0 aliphatic heterocycles. The summed E-state index contributed by atoms with van der Waals surface area (Å²) in [5, 5.41) is 3.96. The molecular weight excluding hydrogens is 383 g/mol. The van der Waals surface area contributed by atoms with Gasteiger partial charge in [0.1, 0.15) is 23.2 Å². The van der Waals surface area contributed by atoms with Gasteiger partial charge in [0.05, 0.1) is 6.16 Å². The number of benzene rings is 4. The first kappa shape index (κ1) is 20.3. The van der Waals surface area contributed by atoms with Crippen molar-refractivity contribution in [2.75, 3.05) is 6.16 Å². The van der Waals surface area contributed by atoms with Gasteiger partial charge in [0.2, 0.25) is 0 Å². The molecule has 0 heterocycles. The number of hydrogen-bond acceptors (Lipinski definition) is 1. The Morgan fingerprint density at radius 1 is 0.600 bits per heavy atom. The van der Waals surface area contributed by atoms with E-state index >= 15 is 0 Å². The molecule has 0 aliphatic carbocycles. The summed E-state index contributed by atoms with van der Waals surface area (Å²) < 4.78 is 0. The van der Waals surface area contributed by atoms with Crippen LogP contribution in [0.1, 0.15) is 22.3 Å². The lowest BCUT2D eigenvalue weighted by Gasteiger charge is -2.27. The van der Waals surface area contributed by atoms with Crippen molar-refractivity contribution >= 4 is 29.0 Å². The second kappa shape index (κ2) is 9.20. The Kier molecular flexibility index (Phi) is 6.21. The number of aryl methyl sites for hydroxylation is 1. The van der Waals surface area contributed by atoms with Crippen LogP contribution in [0.15, 0.2) is 115 Å². The van der Waals surface area contributed by atoms with Crippen molar-refractivity contribution in [1.29, 1.82) is 0 Å². The van der Waals surface area contributed by atoms with E-state index in [0.29, 0.717) is 6.42 Å². The molecule has 0 atom stereocenters. The molecule has 0 N–H and O–H groups in total. The van der Waals surface area contributed by atoms with Crippen molar-refractivity contribution in [3.05, 3.63) is 126 Å². The van der Waals surface area contributed by atoms with Gasteiger partial charge < -0.3 is 0 Å². The fourth-order valence-electron chi connectivity index (χ4n) is 4.03. The molecule has 0 radical (unpaired) electrons. The summed E-state index contributed by atoms with van der Waals surface area (Å²) in [6.45, 7) is 2.05. The molecule has 0 amide bonds. The van der Waals surface area contributed by atoms with Crippen molar-refractivity contribution in [2.45, 2.75) is 13.3 Å². The number of Topliss-reactive ketones (excluding diaryl/α,β-unsaturated/α-hetero) is 1. The van der Waals surface area contributed by atoms with Crippen molar-refractivity contribution in [3.63, 3.8) is 0 Å². The van der Waals surface area contributed by atoms with E-state index < -0.39 is 7.26 Å². The average Bonchev–Trinajstić information content (AvgIpc) is 2.82. The minimum Gasteiger partial charge on any atom is -0.294 e. The molecule has 2 heteroatoms. The minimum atomic E-state index is -1.96. The molecule has 4 rings (SSSR count). The molecule has 148 valence electrons. The molecule has 4 aromatic carbocycles. The lowest BCUT2D eigenvalue weighted by atomic mass is 10.1. The highest BCUT2D eigenvalue weighted by atomic mass is 31.2. The number of ketones is 1. The van der Waals surface area contributed by atoms with Gasteiger partial charge in [-0.3, -0.25) is 4.79 Å². The van der Waals surface area contributed by atoms with Crippen LogP contribution in [0.25, 0.3) is 0 Å². The number of carbonyl (C=O) groups is 1. The van der Waals surface area contributed by atoms with E-state index in [0.717, 1.165) is 11.7 Å². The van der Waals surface area contributed by atoms with E-state index in [1.165, 1.54) is 21.5 Å². The summed E-state index contributed by atoms with van der Waals surface area (Å²) in [6.07, 6.45) is 1.34. The van der Waals surface area contributed by atoms with Crippen LogP contribution in [-0.2, 0) is 0 Å². The van der Waals surface area contributed by atoms with Gasteiger partial charge in [0, 0.05) is 12.0 Å². The maximum atomic E-state index is 13.1. The molecule has 0 saturated heterocycles. The van der Waals surface area contributed by atoms with Crippen LogP contribution >= 0.6 is 7.26 Å². The Morgan fingerprint density at radius 3 is 1.40 bits per heavy atom. The molecule has 0 spiro atoms. The fraction of sp³-hybridized carbons (Fsp3) is 0.107. The summed E-state index contributed by atoms with van der Waals surface area (Å²) in [6, 6.07) is 40.1. The van der Waals surface area contributed by atoms with Gasteiger partial charge in [-0.1, -0.05) is 84.4 Å². The second-order valence-corrected chi connectivity index (χ2v) is 11.2. The van der Waals surface area contributed by atoms with Gasteiger partial charge in [-0.25, -0.2) is 0 Å². The molecule has 1 nitrogen and oxygen atoms in total. The Morgan fingerprint density at radius 2 is 1.00 bits per heavy atom. The first-order valence-electron chi connectivity index (χ1n) is 10.3. The highest BCUT2D eigenvalue weighted by Crippen LogP contribution is 2.55. The fourth-order valence-corrected chi connectivity index (χ4v) is 8.29. The van der Waals surface area contributed by atoms with Gasteiger partial charge in [0.15, 0.2) is 5.78 Å². The standard InChI is InChI=1S/C28H26OP/c1-23-17-19-24(20-18-23)28(29)21-22-30(25-11-5-2-6-12-25,26-13-7-3-8-14-26)27-15-9-4-10-16-27/h2-20H,21-22H2,1H3/q+1. The average molecular weight is 409 g/mol. The topological polar surface area (TPSA) is 17.1 Å². The van der Waals surface area contributed by atoms with Crippen molar-refractivity contribution in [2.24, 2.45) is 0 Å². The zero-order valence-corrected chi connectivity index (χ0v) is 18.1. The number of rotatable bonds is 7. The molecule has 0 fully saturated rings. The van der Waals surface area contributed by atoms with E-state index in [9.17, 15) is 4.79 Å². The zero-order chi connectivity index (χ0) is 20.8. The van der Waals surface area contributed by atoms with E-state index in [-0.39, 0.29) is 5.78 Å². The van der Waals surface area contributed by atoms with Gasteiger partial charge in [-0.2, -0.15) is 0 Å². The van der Waals surface area contributed by atoms with Crippen molar-refractivity contribution in [3.8, 4) is 0 Å². The molecule has 4 aromatic rings. The van der Waals surface area contributed by atoms with Crippen LogP contribution in [-0.4, -0.2) is 11.9 Å². The van der Waals surface area contributed by atoms with Crippen LogP contribution < -0.4 is 15.9 Å². The van der Waals surface area contributed by atoms with Gasteiger partial charge in [0.25, 0.3) is 0 Å². The van der Waals surface area contributed by atoms with E-state index in [4.69, 9.17) is 0 Å². The third kappa shape index (κ3) is 4.13. The van der Waals surface area contributed by atoms with Crippen LogP contribution in [0.4, 0.5) is 0 Å². The molecule has 0 aromatic heterocycles. The van der Waals surface area contributed by atoms with Crippen LogP contribution in [0.5, 0.6) is 0 Å². The van der Waals surface area contributed by atoms with E-state index in [1.807, 2.05) is 31.2 Å². The second-order valence-electron chi connectivity index (χ2n) is 7.58. The highest BCUT2D eigenvalue weighted by Gasteiger charge is 2.45. The largest absolute Gasteiger partial charge is 0.294 e. The van der Waals surface area contributed by atoms with Gasteiger partial charge in [-0.15, -0.1) is 0 Å². The molecule has 0 saturated carbocycles. The SMILES string of the molecule is Cc1ccc(C(=O)CC[P+](c2ccccc2)(c2ccccc2)c2ccccc2)cc1.